The van der Waals surface area contributed by atoms with Crippen LogP contribution >= 0.6 is 0 Å². The third kappa shape index (κ3) is 4.74. The van der Waals surface area contributed by atoms with Crippen molar-refractivity contribution >= 4 is 12.0 Å². The van der Waals surface area contributed by atoms with Gasteiger partial charge in [0.15, 0.2) is 11.5 Å². The molecule has 0 saturated heterocycles. The highest BCUT2D eigenvalue weighted by Crippen LogP contribution is 2.28. The molecule has 0 aliphatic heterocycles. The number of hydrogen-bond donors (Lipinski definition) is 1. The Hall–Kier alpha value is -3.01. The summed E-state index contributed by atoms with van der Waals surface area (Å²) in [5.41, 5.74) is 1.81. The van der Waals surface area contributed by atoms with E-state index in [1.54, 1.807) is 42.5 Å². The van der Waals surface area contributed by atoms with Gasteiger partial charge in [0.05, 0.1) is 7.11 Å². The van der Waals surface area contributed by atoms with Gasteiger partial charge in [-0.1, -0.05) is 24.3 Å². The molecule has 1 N–H and O–H groups in total. The summed E-state index contributed by atoms with van der Waals surface area (Å²) in [6.45, 7) is 3.69. The van der Waals surface area contributed by atoms with Crippen molar-refractivity contribution in [2.45, 2.75) is 6.42 Å². The lowest BCUT2D eigenvalue weighted by Crippen LogP contribution is -2.05. The molecule has 118 valence electrons. The Morgan fingerprint density at radius 1 is 1.17 bits per heavy atom. The van der Waals surface area contributed by atoms with Gasteiger partial charge in [-0.15, -0.1) is 6.58 Å². The van der Waals surface area contributed by atoms with E-state index >= 15 is 0 Å². The summed E-state index contributed by atoms with van der Waals surface area (Å²) < 4.78 is 10.5. The number of rotatable bonds is 6. The van der Waals surface area contributed by atoms with E-state index in [0.717, 1.165) is 11.1 Å². The van der Waals surface area contributed by atoms with Gasteiger partial charge in [0.2, 0.25) is 0 Å². The van der Waals surface area contributed by atoms with Gasteiger partial charge in [-0.2, -0.15) is 0 Å². The maximum absolute atomic E-state index is 11.9. The fourth-order valence-corrected chi connectivity index (χ4v) is 1.98. The molecule has 0 aliphatic rings. The predicted molar refractivity (Wildman–Crippen MR) is 89.7 cm³/mol. The summed E-state index contributed by atoms with van der Waals surface area (Å²) in [6.07, 6.45) is 5.44. The number of carbonyl (C=O) groups excluding carboxylic acids is 1. The van der Waals surface area contributed by atoms with Crippen LogP contribution in [0.5, 0.6) is 17.2 Å². The van der Waals surface area contributed by atoms with Crippen LogP contribution in [0.2, 0.25) is 0 Å². The van der Waals surface area contributed by atoms with Crippen LogP contribution in [-0.2, 0) is 11.2 Å². The van der Waals surface area contributed by atoms with Crippen molar-refractivity contribution in [3.8, 4) is 17.2 Å². The highest BCUT2D eigenvalue weighted by Gasteiger charge is 2.08. The van der Waals surface area contributed by atoms with Gasteiger partial charge in [-0.05, 0) is 47.9 Å². The second-order valence-corrected chi connectivity index (χ2v) is 4.82. The normalized spacial score (nSPS) is 10.5. The van der Waals surface area contributed by atoms with Crippen LogP contribution in [0.4, 0.5) is 0 Å². The summed E-state index contributed by atoms with van der Waals surface area (Å²) in [6, 6.07) is 11.9. The maximum atomic E-state index is 11.9. The molecule has 0 saturated carbocycles. The number of allylic oxidation sites excluding steroid dienone is 1. The predicted octanol–water partition coefficient (Wildman–Crippen LogP) is 3.75. The molecule has 0 aliphatic carbocycles. The number of esters is 1. The molecular formula is C19H18O4. The molecular weight excluding hydrogens is 292 g/mol. The molecule has 0 aromatic heterocycles. The fraction of sp³-hybridized carbons (Fsp3) is 0.105. The SMILES string of the molecule is C=CCc1ccc(OC(=O)/C=C/c2ccc(O)cc2)c(OC)c1. The van der Waals surface area contributed by atoms with E-state index in [-0.39, 0.29) is 5.75 Å². The monoisotopic (exact) mass is 310 g/mol. The molecule has 0 radical (unpaired) electrons. The largest absolute Gasteiger partial charge is 0.508 e. The van der Waals surface area contributed by atoms with Gasteiger partial charge in [-0.25, -0.2) is 4.79 Å². The zero-order chi connectivity index (χ0) is 16.7. The summed E-state index contributed by atoms with van der Waals surface area (Å²) in [5.74, 6) is 0.526. The minimum Gasteiger partial charge on any atom is -0.508 e. The average molecular weight is 310 g/mol. The van der Waals surface area contributed by atoms with E-state index in [9.17, 15) is 9.90 Å². The lowest BCUT2D eigenvalue weighted by atomic mass is 10.1. The molecule has 0 spiro atoms. The first-order valence-corrected chi connectivity index (χ1v) is 7.09. The van der Waals surface area contributed by atoms with Crippen molar-refractivity contribution in [3.63, 3.8) is 0 Å². The summed E-state index contributed by atoms with van der Waals surface area (Å²) in [5, 5.41) is 9.21. The highest BCUT2D eigenvalue weighted by molar-refractivity contribution is 5.89. The number of phenolic OH excluding ortho intramolecular Hbond substituents is 1. The Labute approximate surface area is 135 Å². The number of aromatic hydroxyl groups is 1. The molecule has 0 fully saturated rings. The molecule has 0 amide bonds. The van der Waals surface area contributed by atoms with E-state index in [4.69, 9.17) is 9.47 Å². The van der Waals surface area contributed by atoms with Crippen LogP contribution in [0.1, 0.15) is 11.1 Å². The maximum Gasteiger partial charge on any atom is 0.336 e. The zero-order valence-corrected chi connectivity index (χ0v) is 12.9. The number of hydrogen-bond acceptors (Lipinski definition) is 4. The smallest absolute Gasteiger partial charge is 0.336 e. The molecule has 2 aromatic rings. The quantitative estimate of drug-likeness (QED) is 0.382. The second kappa shape index (κ2) is 7.84. The molecule has 4 heteroatoms. The van der Waals surface area contributed by atoms with E-state index in [0.29, 0.717) is 17.9 Å². The van der Waals surface area contributed by atoms with Crippen LogP contribution < -0.4 is 9.47 Å². The lowest BCUT2D eigenvalue weighted by Gasteiger charge is -2.09. The summed E-state index contributed by atoms with van der Waals surface area (Å²) >= 11 is 0. The Kier molecular flexibility index (Phi) is 5.58. The number of carbonyl (C=O) groups is 1. The van der Waals surface area contributed by atoms with Crippen molar-refractivity contribution in [3.05, 3.63) is 72.3 Å². The van der Waals surface area contributed by atoms with Gasteiger partial charge in [0.1, 0.15) is 5.75 Å². The Morgan fingerprint density at radius 3 is 2.57 bits per heavy atom. The first kappa shape index (κ1) is 16.4. The molecule has 23 heavy (non-hydrogen) atoms. The second-order valence-electron chi connectivity index (χ2n) is 4.82. The van der Waals surface area contributed by atoms with Gasteiger partial charge in [0.25, 0.3) is 0 Å². The van der Waals surface area contributed by atoms with Crippen LogP contribution in [-0.4, -0.2) is 18.2 Å². The van der Waals surface area contributed by atoms with E-state index in [2.05, 4.69) is 6.58 Å². The third-order valence-corrected chi connectivity index (χ3v) is 3.12. The summed E-state index contributed by atoms with van der Waals surface area (Å²) in [4.78, 5) is 11.9. The minimum atomic E-state index is -0.507. The number of methoxy groups -OCH3 is 1. The van der Waals surface area contributed by atoms with Crippen molar-refractivity contribution in [2.75, 3.05) is 7.11 Å². The van der Waals surface area contributed by atoms with Gasteiger partial charge < -0.3 is 14.6 Å². The fourth-order valence-electron chi connectivity index (χ4n) is 1.98. The van der Waals surface area contributed by atoms with Gasteiger partial charge in [-0.3, -0.25) is 0 Å². The van der Waals surface area contributed by atoms with Crippen LogP contribution in [0.15, 0.2) is 61.2 Å². The van der Waals surface area contributed by atoms with Crippen LogP contribution in [0, 0.1) is 0 Å². The minimum absolute atomic E-state index is 0.175. The Balaban J connectivity index is 2.07. The Bertz CT molecular complexity index is 715. The van der Waals surface area contributed by atoms with E-state index in [1.165, 1.54) is 13.2 Å². The standard InChI is InChI=1S/C19H18O4/c1-3-4-15-7-11-17(18(13-15)22-2)23-19(21)12-8-14-5-9-16(20)10-6-14/h3,5-13,20H,1,4H2,2H3/b12-8+. The van der Waals surface area contributed by atoms with Gasteiger partial charge in [0, 0.05) is 6.08 Å². The number of benzene rings is 2. The topological polar surface area (TPSA) is 55.8 Å². The molecule has 0 atom stereocenters. The summed E-state index contributed by atoms with van der Waals surface area (Å²) in [7, 11) is 1.52. The molecule has 2 aromatic carbocycles. The molecule has 2 rings (SSSR count). The zero-order valence-electron chi connectivity index (χ0n) is 12.9. The third-order valence-electron chi connectivity index (χ3n) is 3.12. The lowest BCUT2D eigenvalue weighted by molar-refractivity contribution is -0.129. The van der Waals surface area contributed by atoms with E-state index < -0.39 is 5.97 Å². The van der Waals surface area contributed by atoms with Crippen molar-refractivity contribution in [2.24, 2.45) is 0 Å². The first-order valence-electron chi connectivity index (χ1n) is 7.09. The van der Waals surface area contributed by atoms with Crippen molar-refractivity contribution in [1.29, 1.82) is 0 Å². The Morgan fingerprint density at radius 2 is 1.91 bits per heavy atom. The highest BCUT2D eigenvalue weighted by atomic mass is 16.6. The van der Waals surface area contributed by atoms with E-state index in [1.807, 2.05) is 12.1 Å². The number of ether oxygens (including phenoxy) is 2. The van der Waals surface area contributed by atoms with Gasteiger partial charge >= 0.3 is 5.97 Å². The molecule has 4 nitrogen and oxygen atoms in total. The first-order chi connectivity index (χ1) is 11.1. The van der Waals surface area contributed by atoms with Crippen LogP contribution in [0.3, 0.4) is 0 Å². The van der Waals surface area contributed by atoms with Crippen LogP contribution in [0.25, 0.3) is 6.08 Å². The number of phenols is 1. The molecule has 0 bridgehead atoms. The molecule has 0 heterocycles. The molecule has 0 unspecified atom stereocenters. The average Bonchev–Trinajstić information content (AvgIpc) is 2.56. The van der Waals surface area contributed by atoms with Crippen molar-refractivity contribution < 1.29 is 19.4 Å². The van der Waals surface area contributed by atoms with Crippen molar-refractivity contribution in [1.82, 2.24) is 0 Å².